The van der Waals surface area contributed by atoms with Gasteiger partial charge < -0.3 is 5.32 Å². The van der Waals surface area contributed by atoms with E-state index in [4.69, 9.17) is 0 Å². The van der Waals surface area contributed by atoms with Crippen LogP contribution in [-0.4, -0.2) is 21.6 Å². The van der Waals surface area contributed by atoms with Crippen LogP contribution in [0.2, 0.25) is 0 Å². The molecule has 0 unspecified atom stereocenters. The van der Waals surface area contributed by atoms with Crippen LogP contribution in [0.4, 0.5) is 0 Å². The third kappa shape index (κ3) is 2.33. The van der Waals surface area contributed by atoms with Crippen molar-refractivity contribution in [1.82, 2.24) is 19.9 Å². The molecule has 0 saturated carbocycles. The second kappa shape index (κ2) is 5.67. The van der Waals surface area contributed by atoms with Crippen LogP contribution in [-0.2, 0) is 6.54 Å². The Kier molecular flexibility index (Phi) is 3.56. The Morgan fingerprint density at radius 3 is 2.65 bits per heavy atom. The van der Waals surface area contributed by atoms with Crippen LogP contribution in [0.25, 0.3) is 16.9 Å². The van der Waals surface area contributed by atoms with Gasteiger partial charge in [-0.15, -0.1) is 0 Å². The maximum atomic E-state index is 4.30. The molecule has 2 aromatic heterocycles. The van der Waals surface area contributed by atoms with Gasteiger partial charge in [-0.05, 0) is 30.8 Å². The van der Waals surface area contributed by atoms with E-state index in [9.17, 15) is 0 Å². The van der Waals surface area contributed by atoms with Crippen LogP contribution in [0.1, 0.15) is 5.56 Å². The van der Waals surface area contributed by atoms with E-state index >= 15 is 0 Å². The Bertz CT molecular complexity index is 688. The van der Waals surface area contributed by atoms with Crippen molar-refractivity contribution in [3.63, 3.8) is 0 Å². The van der Waals surface area contributed by atoms with E-state index in [1.165, 1.54) is 5.56 Å². The summed E-state index contributed by atoms with van der Waals surface area (Å²) in [5.41, 5.74) is 4.56. The normalized spacial score (nSPS) is 10.7. The van der Waals surface area contributed by atoms with Crippen LogP contribution in [0.15, 0.2) is 61.3 Å². The van der Waals surface area contributed by atoms with Crippen molar-refractivity contribution in [3.8, 4) is 16.9 Å². The summed E-state index contributed by atoms with van der Waals surface area (Å²) in [6.07, 6.45) is 7.33. The molecule has 1 N–H and O–H groups in total. The summed E-state index contributed by atoms with van der Waals surface area (Å²) >= 11 is 0. The lowest BCUT2D eigenvalue weighted by atomic mass is 10.1. The standard InChI is InChI=1S/C16H16N4/c1-17-10-14-4-2-3-5-15(14)20-12-19-11-16(20)13-6-8-18-9-7-13/h2-9,11-12,17H,10H2,1H3. The topological polar surface area (TPSA) is 42.7 Å². The molecule has 20 heavy (non-hydrogen) atoms. The molecule has 0 radical (unpaired) electrons. The van der Waals surface area contributed by atoms with Gasteiger partial charge in [-0.25, -0.2) is 4.98 Å². The van der Waals surface area contributed by atoms with E-state index in [2.05, 4.69) is 38.1 Å². The van der Waals surface area contributed by atoms with E-state index in [1.54, 1.807) is 12.4 Å². The van der Waals surface area contributed by atoms with Gasteiger partial charge in [0.25, 0.3) is 0 Å². The molecule has 4 nitrogen and oxygen atoms in total. The molecule has 0 fully saturated rings. The molecule has 2 heterocycles. The molecule has 0 aliphatic carbocycles. The van der Waals surface area contributed by atoms with Gasteiger partial charge in [0.2, 0.25) is 0 Å². The summed E-state index contributed by atoms with van der Waals surface area (Å²) in [5.74, 6) is 0. The van der Waals surface area contributed by atoms with E-state index in [-0.39, 0.29) is 0 Å². The Balaban J connectivity index is 2.11. The molecule has 3 aromatic rings. The van der Waals surface area contributed by atoms with Crippen molar-refractivity contribution in [3.05, 3.63) is 66.9 Å². The predicted octanol–water partition coefficient (Wildman–Crippen LogP) is 2.65. The summed E-state index contributed by atoms with van der Waals surface area (Å²) in [7, 11) is 1.95. The molecule has 0 aliphatic rings. The zero-order valence-corrected chi connectivity index (χ0v) is 11.3. The van der Waals surface area contributed by atoms with Crippen LogP contribution in [0.3, 0.4) is 0 Å². The van der Waals surface area contributed by atoms with Crippen molar-refractivity contribution < 1.29 is 0 Å². The number of benzene rings is 1. The summed E-state index contributed by atoms with van der Waals surface area (Å²) < 4.78 is 2.11. The summed E-state index contributed by atoms with van der Waals surface area (Å²) in [4.78, 5) is 8.36. The minimum absolute atomic E-state index is 0.824. The third-order valence-electron chi connectivity index (χ3n) is 3.23. The molecular weight excluding hydrogens is 248 g/mol. The average molecular weight is 264 g/mol. The van der Waals surface area contributed by atoms with Crippen LogP contribution < -0.4 is 5.32 Å². The van der Waals surface area contributed by atoms with Gasteiger partial charge in [-0.2, -0.15) is 0 Å². The lowest BCUT2D eigenvalue weighted by Crippen LogP contribution is -2.09. The number of pyridine rings is 1. The molecular formula is C16H16N4. The predicted molar refractivity (Wildman–Crippen MR) is 79.6 cm³/mol. The van der Waals surface area contributed by atoms with Crippen LogP contribution in [0, 0.1) is 0 Å². The van der Waals surface area contributed by atoms with Crippen LogP contribution >= 0.6 is 0 Å². The number of rotatable bonds is 4. The molecule has 0 saturated heterocycles. The number of nitrogens with one attached hydrogen (secondary N) is 1. The summed E-state index contributed by atoms with van der Waals surface area (Å²) in [6, 6.07) is 12.3. The van der Waals surface area contributed by atoms with Gasteiger partial charge >= 0.3 is 0 Å². The van der Waals surface area contributed by atoms with Gasteiger partial charge in [0.15, 0.2) is 0 Å². The molecule has 4 heteroatoms. The lowest BCUT2D eigenvalue weighted by molar-refractivity contribution is 0.808. The minimum Gasteiger partial charge on any atom is -0.316 e. The van der Waals surface area contributed by atoms with E-state index in [0.29, 0.717) is 0 Å². The SMILES string of the molecule is CNCc1ccccc1-n1cncc1-c1ccncc1. The second-order valence-electron chi connectivity index (χ2n) is 4.54. The fourth-order valence-electron chi connectivity index (χ4n) is 2.31. The first-order valence-electron chi connectivity index (χ1n) is 6.56. The van der Waals surface area contributed by atoms with Gasteiger partial charge in [-0.3, -0.25) is 9.55 Å². The lowest BCUT2D eigenvalue weighted by Gasteiger charge is -2.13. The summed E-state index contributed by atoms with van der Waals surface area (Å²) in [5, 5.41) is 3.20. The van der Waals surface area contributed by atoms with Gasteiger partial charge in [0, 0.05) is 24.5 Å². The highest BCUT2D eigenvalue weighted by atomic mass is 15.1. The average Bonchev–Trinajstić information content (AvgIpc) is 2.98. The molecule has 1 aromatic carbocycles. The number of para-hydroxylation sites is 1. The van der Waals surface area contributed by atoms with Crippen molar-refractivity contribution in [2.75, 3.05) is 7.05 Å². The van der Waals surface area contributed by atoms with Gasteiger partial charge in [0.05, 0.1) is 23.9 Å². The van der Waals surface area contributed by atoms with Crippen molar-refractivity contribution in [2.45, 2.75) is 6.54 Å². The maximum Gasteiger partial charge on any atom is 0.0997 e. The zero-order valence-electron chi connectivity index (χ0n) is 11.3. The fourth-order valence-corrected chi connectivity index (χ4v) is 2.31. The number of hydrogen-bond acceptors (Lipinski definition) is 3. The molecule has 3 rings (SSSR count). The van der Waals surface area contributed by atoms with Gasteiger partial charge in [0.1, 0.15) is 0 Å². The first kappa shape index (κ1) is 12.6. The largest absolute Gasteiger partial charge is 0.316 e. The molecule has 0 bridgehead atoms. The van der Waals surface area contributed by atoms with E-state index in [0.717, 1.165) is 23.5 Å². The first-order chi connectivity index (χ1) is 9.90. The zero-order chi connectivity index (χ0) is 13.8. The smallest absolute Gasteiger partial charge is 0.0997 e. The maximum absolute atomic E-state index is 4.30. The highest BCUT2D eigenvalue weighted by molar-refractivity contribution is 5.62. The number of hydrogen-bond donors (Lipinski definition) is 1. The van der Waals surface area contributed by atoms with E-state index in [1.807, 2.05) is 37.8 Å². The Morgan fingerprint density at radius 1 is 1.05 bits per heavy atom. The quantitative estimate of drug-likeness (QED) is 0.787. The second-order valence-corrected chi connectivity index (χ2v) is 4.54. The monoisotopic (exact) mass is 264 g/mol. The molecule has 0 spiro atoms. The third-order valence-corrected chi connectivity index (χ3v) is 3.23. The first-order valence-corrected chi connectivity index (χ1v) is 6.56. The van der Waals surface area contributed by atoms with Crippen molar-refractivity contribution >= 4 is 0 Å². The number of imidazole rings is 1. The van der Waals surface area contributed by atoms with E-state index < -0.39 is 0 Å². The fraction of sp³-hybridized carbons (Fsp3) is 0.125. The minimum atomic E-state index is 0.824. The molecule has 0 atom stereocenters. The Labute approximate surface area is 118 Å². The molecule has 0 amide bonds. The number of aromatic nitrogens is 3. The van der Waals surface area contributed by atoms with Crippen molar-refractivity contribution in [2.24, 2.45) is 0 Å². The summed E-state index contributed by atoms with van der Waals surface area (Å²) in [6.45, 7) is 0.824. The Morgan fingerprint density at radius 2 is 1.85 bits per heavy atom. The highest BCUT2D eigenvalue weighted by Crippen LogP contribution is 2.24. The highest BCUT2D eigenvalue weighted by Gasteiger charge is 2.09. The van der Waals surface area contributed by atoms with Gasteiger partial charge in [-0.1, -0.05) is 18.2 Å². The molecule has 0 aliphatic heterocycles. The van der Waals surface area contributed by atoms with Crippen molar-refractivity contribution in [1.29, 1.82) is 0 Å². The molecule has 100 valence electrons. The number of nitrogens with zero attached hydrogens (tertiary/aromatic N) is 3. The Hall–Kier alpha value is -2.46. The van der Waals surface area contributed by atoms with Crippen LogP contribution in [0.5, 0.6) is 0 Å².